The van der Waals surface area contributed by atoms with Crippen LogP contribution in [0.25, 0.3) is 36.5 Å². The van der Waals surface area contributed by atoms with E-state index >= 15 is 0 Å². The van der Waals surface area contributed by atoms with Crippen molar-refractivity contribution in [2.24, 2.45) is 0 Å². The van der Waals surface area contributed by atoms with E-state index in [2.05, 4.69) is 11.7 Å². The van der Waals surface area contributed by atoms with Gasteiger partial charge >= 0.3 is 24.1 Å². The van der Waals surface area contributed by atoms with E-state index < -0.39 is 11.9 Å². The summed E-state index contributed by atoms with van der Waals surface area (Å²) in [5, 5.41) is 56.8. The summed E-state index contributed by atoms with van der Waals surface area (Å²) in [6.07, 6.45) is 15.6. The van der Waals surface area contributed by atoms with E-state index in [9.17, 15) is 44.7 Å². The molecule has 6 aromatic rings. The molecule has 1 aliphatic rings. The van der Waals surface area contributed by atoms with Crippen LogP contribution in [-0.4, -0.2) is 117 Å². The largest absolute Gasteiger partial charge is 0.504 e. The number of aliphatic carboxylic acids is 1. The number of carbonyl (C=O) groups is 4. The highest BCUT2D eigenvalue weighted by molar-refractivity contribution is 5.88. The molecule has 0 fully saturated rings. The highest BCUT2D eigenvalue weighted by Crippen LogP contribution is 2.53. The normalized spacial score (nSPS) is 12.3. The molecule has 0 amide bonds. The minimum atomic E-state index is -1.02. The summed E-state index contributed by atoms with van der Waals surface area (Å²) < 4.78 is 51.3. The number of phenolic OH excluding ortho intramolecular Hbond substituents is 5. The van der Waals surface area contributed by atoms with Gasteiger partial charge in [0.15, 0.2) is 69.0 Å². The molecule has 488 valence electrons. The molecule has 0 spiro atoms. The standard InChI is InChI=1S/C23H26O6.C19H18O6.C12H14O4.C10H10O4.2C2H6.CO2/c1-5-16-17-11-14(7-10-21(25)28-6-2)12-20(27-4)23(17)29-22(16)15-8-9-18(24)19(13-15)26-3;1-23-17-10-13(4-6-16(17)21)3-5-15-9-14(7-8-25-12-20)11-18(24-2)19(15)22;1-3-16-12(14)7-5-9-4-6-10(13)11(8-9)15-2;1-14-9-6-7(2-4-8(9)11)3-5-10(12)13;2*1-2;2-1-3/h7-13,16,22,24H,5-6H2,1-4H3;3-12,21-22H,1-2H3;4-8,13H,3H2,1-2H3;2-6,11H,1H3,(H,12,13);2*1-2H3;/b10-7+;5-3+,8-7+;7-5+;5-3+;;;. The van der Waals surface area contributed by atoms with Gasteiger partial charge in [0.2, 0.25) is 0 Å². The van der Waals surface area contributed by atoms with Crippen molar-refractivity contribution >= 4 is 67.0 Å². The number of aromatic hydroxyl groups is 5. The van der Waals surface area contributed by atoms with Crippen molar-refractivity contribution in [1.82, 2.24) is 0 Å². The molecular formula is C69H80O22. The van der Waals surface area contributed by atoms with E-state index in [0.29, 0.717) is 70.9 Å². The van der Waals surface area contributed by atoms with E-state index in [4.69, 9.17) is 57.3 Å². The lowest BCUT2D eigenvalue weighted by molar-refractivity contribution is -0.191. The zero-order valence-corrected chi connectivity index (χ0v) is 53.1. The molecule has 0 radical (unpaired) electrons. The maximum atomic E-state index is 11.7. The molecule has 0 saturated heterocycles. The van der Waals surface area contributed by atoms with Crippen LogP contribution in [0.5, 0.6) is 69.0 Å². The van der Waals surface area contributed by atoms with E-state index in [1.807, 2.05) is 45.9 Å². The first-order chi connectivity index (χ1) is 43.8. The number of rotatable bonds is 21. The number of methoxy groups -OCH3 is 6. The van der Waals surface area contributed by atoms with Gasteiger partial charge in [-0.05, 0) is 151 Å². The Balaban J connectivity index is 0.000000607. The molecule has 22 nitrogen and oxygen atoms in total. The third-order valence-electron chi connectivity index (χ3n) is 11.9. The first-order valence-electron chi connectivity index (χ1n) is 28.1. The molecule has 2 unspecified atom stereocenters. The lowest BCUT2D eigenvalue weighted by atomic mass is 9.88. The average Bonchev–Trinajstić information content (AvgIpc) is 1.69. The number of benzene rings is 6. The number of hydrogen-bond donors (Lipinski definition) is 6. The number of esters is 2. The molecular weight excluding hydrogens is 1180 g/mol. The molecule has 7 rings (SSSR count). The van der Waals surface area contributed by atoms with Gasteiger partial charge in [-0.2, -0.15) is 9.59 Å². The summed E-state index contributed by atoms with van der Waals surface area (Å²) >= 11 is 0. The molecule has 6 N–H and O–H groups in total. The summed E-state index contributed by atoms with van der Waals surface area (Å²) in [5.74, 6) is 1.54. The summed E-state index contributed by atoms with van der Waals surface area (Å²) in [5.41, 5.74) is 6.14. The van der Waals surface area contributed by atoms with Gasteiger partial charge in [0, 0.05) is 35.3 Å². The van der Waals surface area contributed by atoms with Gasteiger partial charge < -0.3 is 78.0 Å². The van der Waals surface area contributed by atoms with Gasteiger partial charge in [0.25, 0.3) is 6.47 Å². The van der Waals surface area contributed by atoms with Crippen LogP contribution in [0.1, 0.15) is 111 Å². The van der Waals surface area contributed by atoms with Crippen molar-refractivity contribution in [1.29, 1.82) is 0 Å². The van der Waals surface area contributed by atoms with E-state index in [0.717, 1.165) is 40.3 Å². The van der Waals surface area contributed by atoms with Gasteiger partial charge in [-0.1, -0.05) is 71.0 Å². The first-order valence-corrected chi connectivity index (χ1v) is 28.1. The number of ether oxygens (including phenoxy) is 10. The van der Waals surface area contributed by atoms with Crippen molar-refractivity contribution in [3.8, 4) is 69.0 Å². The minimum Gasteiger partial charge on any atom is -0.504 e. The molecule has 22 heteroatoms. The summed E-state index contributed by atoms with van der Waals surface area (Å²) in [6, 6.07) is 26.7. The highest BCUT2D eigenvalue weighted by Gasteiger charge is 2.37. The second-order valence-electron chi connectivity index (χ2n) is 17.4. The number of carboxylic acid groups (broad SMARTS) is 1. The zero-order chi connectivity index (χ0) is 68.4. The molecule has 2 atom stereocenters. The second kappa shape index (κ2) is 43.5. The van der Waals surface area contributed by atoms with Gasteiger partial charge in [0.1, 0.15) is 6.10 Å². The third-order valence-corrected chi connectivity index (χ3v) is 11.9. The van der Waals surface area contributed by atoms with Crippen LogP contribution in [0.2, 0.25) is 0 Å². The van der Waals surface area contributed by atoms with Crippen molar-refractivity contribution in [3.63, 3.8) is 0 Å². The van der Waals surface area contributed by atoms with Gasteiger partial charge in [-0.15, -0.1) is 0 Å². The van der Waals surface area contributed by atoms with Crippen molar-refractivity contribution in [2.45, 2.75) is 66.9 Å². The summed E-state index contributed by atoms with van der Waals surface area (Å²) in [4.78, 5) is 59.4. The maximum absolute atomic E-state index is 11.7. The Hall–Kier alpha value is -11.1. The van der Waals surface area contributed by atoms with E-state index in [-0.39, 0.29) is 58.6 Å². The van der Waals surface area contributed by atoms with Crippen LogP contribution < -0.4 is 33.2 Å². The van der Waals surface area contributed by atoms with Crippen LogP contribution in [0, 0.1) is 0 Å². The zero-order valence-electron chi connectivity index (χ0n) is 53.1. The Bertz CT molecular complexity index is 3440. The van der Waals surface area contributed by atoms with Crippen LogP contribution >= 0.6 is 0 Å². The number of carboxylic acids is 1. The molecule has 0 bridgehead atoms. The fourth-order valence-corrected chi connectivity index (χ4v) is 7.91. The predicted molar refractivity (Wildman–Crippen MR) is 344 cm³/mol. The number of phenols is 5. The topological polar surface area (TPSA) is 316 Å². The lowest BCUT2D eigenvalue weighted by Gasteiger charge is -2.19. The molecule has 0 aromatic heterocycles. The quantitative estimate of drug-likeness (QED) is 0.00974. The van der Waals surface area contributed by atoms with Crippen molar-refractivity contribution < 1.29 is 107 Å². The Morgan fingerprint density at radius 2 is 0.890 bits per heavy atom. The fraction of sp³-hybridized carbons (Fsp3) is 0.261. The van der Waals surface area contributed by atoms with Crippen LogP contribution in [0.3, 0.4) is 0 Å². The van der Waals surface area contributed by atoms with E-state index in [1.54, 1.807) is 112 Å². The lowest BCUT2D eigenvalue weighted by Crippen LogP contribution is -2.09. The maximum Gasteiger partial charge on any atom is 0.373 e. The fourth-order valence-electron chi connectivity index (χ4n) is 7.91. The van der Waals surface area contributed by atoms with E-state index in [1.165, 1.54) is 78.2 Å². The first kappa shape index (κ1) is 77.9. The smallest absolute Gasteiger partial charge is 0.373 e. The summed E-state index contributed by atoms with van der Waals surface area (Å²) in [7, 11) is 8.92. The number of hydrogen-bond acceptors (Lipinski definition) is 21. The van der Waals surface area contributed by atoms with Crippen LogP contribution in [-0.2, 0) is 43.0 Å². The molecule has 0 saturated carbocycles. The molecule has 1 heterocycles. The van der Waals surface area contributed by atoms with Gasteiger partial charge in [0.05, 0.1) is 62.1 Å². The monoisotopic (exact) mass is 1260 g/mol. The van der Waals surface area contributed by atoms with Crippen LogP contribution in [0.15, 0.2) is 122 Å². The third kappa shape index (κ3) is 26.0. The Morgan fingerprint density at radius 3 is 1.32 bits per heavy atom. The SMILES string of the molecule is CC.CC.CCOC(=O)/C=C/c1cc(OC)c2c(c1)C(CC)C(c1ccc(O)c(OC)c1)O2.CCOC(=O)/C=C/c1ccc(O)c(OC)c1.COc1cc(/C=C/C(=O)O)ccc1O.COc1cc(/C=C/c2cc(/C=C/OC=O)cc(OC)c2O)ccc1O.O=C=O. The second-order valence-corrected chi connectivity index (χ2v) is 17.4. The van der Waals surface area contributed by atoms with Crippen molar-refractivity contribution in [3.05, 3.63) is 166 Å². The Kier molecular flexibility index (Phi) is 37.2. The Morgan fingerprint density at radius 1 is 0.495 bits per heavy atom. The van der Waals surface area contributed by atoms with Crippen LogP contribution in [0.4, 0.5) is 0 Å². The molecule has 6 aromatic carbocycles. The Labute approximate surface area is 529 Å². The highest BCUT2D eigenvalue weighted by atomic mass is 16.5. The average molecular weight is 1260 g/mol. The molecule has 91 heavy (non-hydrogen) atoms. The molecule has 0 aliphatic carbocycles. The number of fused-ring (bicyclic) bond motifs is 1. The minimum absolute atomic E-state index is 0.0158. The van der Waals surface area contributed by atoms with Gasteiger partial charge in [-0.3, -0.25) is 4.79 Å². The van der Waals surface area contributed by atoms with Crippen molar-refractivity contribution in [2.75, 3.05) is 55.9 Å². The molecule has 1 aliphatic heterocycles. The predicted octanol–water partition coefficient (Wildman–Crippen LogP) is 13.0. The summed E-state index contributed by atoms with van der Waals surface area (Å²) in [6.45, 7) is 14.6. The van der Waals surface area contributed by atoms with Gasteiger partial charge in [-0.25, -0.2) is 14.4 Å². The number of carbonyl (C=O) groups excluding carboxylic acids is 5.